The molecule has 3 aromatic rings. The van der Waals surface area contributed by atoms with Gasteiger partial charge in [0.15, 0.2) is 0 Å². The number of likely N-dealkylation sites (tertiary alicyclic amines) is 1. The highest BCUT2D eigenvalue weighted by Crippen LogP contribution is 2.34. The first-order chi connectivity index (χ1) is 16.5. The van der Waals surface area contributed by atoms with E-state index in [1.807, 2.05) is 60.7 Å². The van der Waals surface area contributed by atoms with E-state index in [0.717, 1.165) is 29.7 Å². The van der Waals surface area contributed by atoms with Gasteiger partial charge < -0.3 is 15.5 Å². The van der Waals surface area contributed by atoms with E-state index < -0.39 is 17.7 Å². The quantitative estimate of drug-likeness (QED) is 0.521. The Labute approximate surface area is 197 Å². The Morgan fingerprint density at radius 3 is 2.32 bits per heavy atom. The number of amides is 3. The lowest BCUT2D eigenvalue weighted by molar-refractivity contribution is -0.126. The predicted molar refractivity (Wildman–Crippen MR) is 127 cm³/mol. The van der Waals surface area contributed by atoms with Crippen LogP contribution in [0.15, 0.2) is 78.9 Å². The summed E-state index contributed by atoms with van der Waals surface area (Å²) in [5.41, 5.74) is 1.98. The topological polar surface area (TPSA) is 61.4 Å². The molecule has 0 aliphatic carbocycles. The highest BCUT2D eigenvalue weighted by molar-refractivity contribution is 5.90. The Morgan fingerprint density at radius 2 is 1.62 bits per heavy atom. The molecule has 176 valence electrons. The minimum Gasteiger partial charge on any atom is -0.355 e. The number of nitrogens with one attached hydrogen (secondary N) is 2. The molecule has 0 saturated carbocycles. The lowest BCUT2D eigenvalue weighted by Crippen LogP contribution is -2.48. The molecular weight excluding hydrogens is 436 g/mol. The molecule has 3 aromatic carbocycles. The van der Waals surface area contributed by atoms with Gasteiger partial charge in [-0.3, -0.25) is 4.79 Å². The van der Waals surface area contributed by atoms with Gasteiger partial charge in [0.2, 0.25) is 5.91 Å². The van der Waals surface area contributed by atoms with Crippen LogP contribution < -0.4 is 10.6 Å². The number of halogens is 2. The molecule has 1 saturated heterocycles. The van der Waals surface area contributed by atoms with Gasteiger partial charge in [0.05, 0.1) is 17.6 Å². The van der Waals surface area contributed by atoms with Crippen LogP contribution in [0, 0.1) is 17.6 Å². The van der Waals surface area contributed by atoms with Gasteiger partial charge in [-0.25, -0.2) is 13.6 Å². The minimum atomic E-state index is -0.850. The van der Waals surface area contributed by atoms with Gasteiger partial charge in [0, 0.05) is 19.2 Å². The monoisotopic (exact) mass is 463 g/mol. The molecule has 5 nitrogen and oxygen atoms in total. The summed E-state index contributed by atoms with van der Waals surface area (Å²) < 4.78 is 27.4. The Morgan fingerprint density at radius 1 is 0.912 bits per heavy atom. The molecule has 0 spiro atoms. The maximum absolute atomic E-state index is 14.1. The number of piperidine rings is 1. The second-order valence-electron chi connectivity index (χ2n) is 8.43. The third kappa shape index (κ3) is 5.78. The van der Waals surface area contributed by atoms with Gasteiger partial charge in [0.25, 0.3) is 0 Å². The average molecular weight is 464 g/mol. The van der Waals surface area contributed by atoms with Crippen LogP contribution in [-0.2, 0) is 11.2 Å². The van der Waals surface area contributed by atoms with E-state index in [4.69, 9.17) is 0 Å². The van der Waals surface area contributed by atoms with E-state index in [1.54, 1.807) is 4.90 Å². The van der Waals surface area contributed by atoms with Crippen molar-refractivity contribution in [1.29, 1.82) is 0 Å². The molecule has 2 N–H and O–H groups in total. The average Bonchev–Trinajstić information content (AvgIpc) is 2.86. The van der Waals surface area contributed by atoms with Crippen molar-refractivity contribution in [3.05, 3.63) is 102 Å². The van der Waals surface area contributed by atoms with E-state index in [0.29, 0.717) is 19.4 Å². The summed E-state index contributed by atoms with van der Waals surface area (Å²) in [5, 5.41) is 5.53. The zero-order valence-corrected chi connectivity index (χ0v) is 18.7. The summed E-state index contributed by atoms with van der Waals surface area (Å²) in [4.78, 5) is 27.6. The Hall–Kier alpha value is -3.74. The van der Waals surface area contributed by atoms with Crippen molar-refractivity contribution in [2.45, 2.75) is 25.3 Å². The number of rotatable bonds is 6. The molecule has 2 atom stereocenters. The van der Waals surface area contributed by atoms with Crippen LogP contribution in [0.3, 0.4) is 0 Å². The lowest BCUT2D eigenvalue weighted by Gasteiger charge is -2.39. The van der Waals surface area contributed by atoms with Crippen LogP contribution in [-0.4, -0.2) is 29.9 Å². The Bertz CT molecular complexity index is 1130. The summed E-state index contributed by atoms with van der Waals surface area (Å²) in [6.07, 6.45) is 1.95. The van der Waals surface area contributed by atoms with Crippen molar-refractivity contribution in [2.75, 3.05) is 18.4 Å². The fourth-order valence-corrected chi connectivity index (χ4v) is 4.33. The van der Waals surface area contributed by atoms with Crippen molar-refractivity contribution in [1.82, 2.24) is 10.2 Å². The van der Waals surface area contributed by atoms with Crippen molar-refractivity contribution in [3.8, 4) is 0 Å². The zero-order chi connectivity index (χ0) is 23.9. The van der Waals surface area contributed by atoms with Crippen LogP contribution >= 0.6 is 0 Å². The Kier molecular flexibility index (Phi) is 7.52. The first kappa shape index (κ1) is 23.4. The van der Waals surface area contributed by atoms with Crippen molar-refractivity contribution in [3.63, 3.8) is 0 Å². The molecule has 2 unspecified atom stereocenters. The number of carbonyl (C=O) groups is 2. The molecule has 3 amide bonds. The van der Waals surface area contributed by atoms with Gasteiger partial charge in [-0.1, -0.05) is 60.7 Å². The van der Waals surface area contributed by atoms with Crippen molar-refractivity contribution >= 4 is 17.6 Å². The van der Waals surface area contributed by atoms with E-state index in [1.165, 1.54) is 6.07 Å². The third-order valence-corrected chi connectivity index (χ3v) is 6.13. The molecule has 1 heterocycles. The van der Waals surface area contributed by atoms with Gasteiger partial charge in [-0.05, 0) is 42.5 Å². The highest BCUT2D eigenvalue weighted by atomic mass is 19.1. The number of carbonyl (C=O) groups excluding carboxylic acids is 2. The number of hydrogen-bond acceptors (Lipinski definition) is 2. The summed E-state index contributed by atoms with van der Waals surface area (Å²) in [7, 11) is 0. The van der Waals surface area contributed by atoms with E-state index >= 15 is 0 Å². The Balaban J connectivity index is 1.45. The second kappa shape index (κ2) is 10.9. The molecular formula is C27H27F2N3O2. The van der Waals surface area contributed by atoms with Gasteiger partial charge in [-0.15, -0.1) is 0 Å². The molecule has 0 radical (unpaired) electrons. The summed E-state index contributed by atoms with van der Waals surface area (Å²) in [6.45, 7) is 0.708. The van der Waals surface area contributed by atoms with Crippen molar-refractivity contribution in [2.24, 2.45) is 5.92 Å². The maximum Gasteiger partial charge on any atom is 0.322 e. The molecule has 34 heavy (non-hydrogen) atoms. The first-order valence-electron chi connectivity index (χ1n) is 11.4. The molecule has 1 aliphatic rings. The summed E-state index contributed by atoms with van der Waals surface area (Å²) in [6, 6.07) is 21.7. The first-order valence-corrected chi connectivity index (χ1v) is 11.4. The smallest absolute Gasteiger partial charge is 0.322 e. The van der Waals surface area contributed by atoms with E-state index in [2.05, 4.69) is 10.6 Å². The molecule has 1 fully saturated rings. The van der Waals surface area contributed by atoms with Crippen LogP contribution in [0.4, 0.5) is 19.3 Å². The third-order valence-electron chi connectivity index (χ3n) is 6.13. The SMILES string of the molecule is O=C(NCCc1ccccc1)C1CCC(c2ccccc2)N(C(=O)Nc2ccc(F)cc2F)C1. The molecule has 0 aromatic heterocycles. The van der Waals surface area contributed by atoms with Crippen LogP contribution in [0.2, 0.25) is 0 Å². The number of benzene rings is 3. The molecule has 4 rings (SSSR count). The number of nitrogens with zero attached hydrogens (tertiary/aromatic N) is 1. The zero-order valence-electron chi connectivity index (χ0n) is 18.7. The van der Waals surface area contributed by atoms with Gasteiger partial charge in [0.1, 0.15) is 11.6 Å². The van der Waals surface area contributed by atoms with Crippen LogP contribution in [0.5, 0.6) is 0 Å². The molecule has 1 aliphatic heterocycles. The van der Waals surface area contributed by atoms with E-state index in [-0.39, 0.29) is 30.1 Å². The number of anilines is 1. The normalized spacial score (nSPS) is 17.8. The van der Waals surface area contributed by atoms with Crippen molar-refractivity contribution < 1.29 is 18.4 Å². The summed E-state index contributed by atoms with van der Waals surface area (Å²) in [5.74, 6) is -2.05. The minimum absolute atomic E-state index is 0.104. The standard InChI is InChI=1S/C27H27F2N3O2/c28-22-12-13-24(23(29)17-22)31-27(34)32-18-21(11-14-25(32)20-9-5-2-6-10-20)26(33)30-16-15-19-7-3-1-4-8-19/h1-10,12-13,17,21,25H,11,14-16,18H2,(H,30,33)(H,31,34). The largest absolute Gasteiger partial charge is 0.355 e. The maximum atomic E-state index is 14.1. The molecule has 7 heteroatoms. The number of hydrogen-bond donors (Lipinski definition) is 2. The highest BCUT2D eigenvalue weighted by Gasteiger charge is 2.35. The van der Waals surface area contributed by atoms with E-state index in [9.17, 15) is 18.4 Å². The summed E-state index contributed by atoms with van der Waals surface area (Å²) >= 11 is 0. The number of urea groups is 1. The molecule has 0 bridgehead atoms. The second-order valence-corrected chi connectivity index (χ2v) is 8.43. The predicted octanol–water partition coefficient (Wildman–Crippen LogP) is 5.31. The fraction of sp³-hybridized carbons (Fsp3) is 0.259. The van der Waals surface area contributed by atoms with Gasteiger partial charge >= 0.3 is 6.03 Å². The van der Waals surface area contributed by atoms with Crippen LogP contribution in [0.1, 0.15) is 30.0 Å². The fourth-order valence-electron chi connectivity index (χ4n) is 4.33. The lowest BCUT2D eigenvalue weighted by atomic mass is 9.88. The van der Waals surface area contributed by atoms with Crippen LogP contribution in [0.25, 0.3) is 0 Å². The van der Waals surface area contributed by atoms with Gasteiger partial charge in [-0.2, -0.15) is 0 Å².